The third-order valence-corrected chi connectivity index (χ3v) is 5.73. The molecule has 0 aliphatic carbocycles. The molecule has 1 saturated heterocycles. The molecule has 2 aromatic carbocycles. The highest BCUT2D eigenvalue weighted by atomic mass is 19.1. The number of aromatic nitrogens is 2. The summed E-state index contributed by atoms with van der Waals surface area (Å²) in [5.41, 5.74) is 2.20. The first-order valence-corrected chi connectivity index (χ1v) is 11.4. The summed E-state index contributed by atoms with van der Waals surface area (Å²) in [5.74, 6) is -0.764. The Balaban J connectivity index is 1.67. The molecule has 2 N–H and O–H groups in total. The number of benzene rings is 2. The molecule has 2 heterocycles. The monoisotopic (exact) mass is 493 g/mol. The maximum absolute atomic E-state index is 14.9. The van der Waals surface area contributed by atoms with E-state index in [1.54, 1.807) is 45.5 Å². The molecule has 188 valence electrons. The van der Waals surface area contributed by atoms with Crippen LogP contribution in [0, 0.1) is 11.2 Å². The molecule has 36 heavy (non-hydrogen) atoms. The lowest BCUT2D eigenvalue weighted by atomic mass is 10.2. The number of hydrogen-bond acceptors (Lipinski definition) is 5. The van der Waals surface area contributed by atoms with Gasteiger partial charge >= 0.3 is 6.02 Å². The zero-order valence-corrected chi connectivity index (χ0v) is 20.6. The van der Waals surface area contributed by atoms with Crippen molar-refractivity contribution in [2.75, 3.05) is 33.9 Å². The van der Waals surface area contributed by atoms with E-state index in [1.807, 2.05) is 11.8 Å². The number of aliphatic imine (C=N–C) groups is 2. The van der Waals surface area contributed by atoms with Gasteiger partial charge in [0, 0.05) is 31.8 Å². The first kappa shape index (κ1) is 25.0. The number of imidazole rings is 1. The van der Waals surface area contributed by atoms with Gasteiger partial charge in [0.05, 0.1) is 36.6 Å². The van der Waals surface area contributed by atoms with Crippen LogP contribution in [0.1, 0.15) is 29.8 Å². The summed E-state index contributed by atoms with van der Waals surface area (Å²) in [7, 11) is 3.18. The van der Waals surface area contributed by atoms with Gasteiger partial charge in [0.2, 0.25) is 0 Å². The number of H-pyrrole nitrogens is 1. The predicted octanol–water partition coefficient (Wildman–Crippen LogP) is 3.30. The van der Waals surface area contributed by atoms with Gasteiger partial charge in [-0.2, -0.15) is 9.98 Å². The van der Waals surface area contributed by atoms with E-state index in [0.717, 1.165) is 11.6 Å². The van der Waals surface area contributed by atoms with E-state index in [0.29, 0.717) is 36.7 Å². The molecule has 1 fully saturated rings. The van der Waals surface area contributed by atoms with Crippen LogP contribution in [0.3, 0.4) is 0 Å². The third kappa shape index (κ3) is 5.57. The molecule has 0 unspecified atom stereocenters. The van der Waals surface area contributed by atoms with Gasteiger partial charge in [0.1, 0.15) is 5.84 Å². The molecule has 0 saturated carbocycles. The Morgan fingerprint density at radius 2 is 2.03 bits per heavy atom. The van der Waals surface area contributed by atoms with Gasteiger partial charge in [-0.05, 0) is 50.2 Å². The second kappa shape index (κ2) is 10.6. The fourth-order valence-corrected chi connectivity index (χ4v) is 3.79. The number of hydrogen-bond donors (Lipinski definition) is 2. The highest BCUT2D eigenvalue weighted by Crippen LogP contribution is 2.21. The summed E-state index contributed by atoms with van der Waals surface area (Å²) in [6, 6.07) is 9.05. The number of carbonyl (C=O) groups excluding carboxylic acids is 1. The van der Waals surface area contributed by atoms with E-state index in [-0.39, 0.29) is 35.1 Å². The number of amidine groups is 3. The molecule has 0 bridgehead atoms. The van der Waals surface area contributed by atoms with Crippen molar-refractivity contribution < 1.29 is 18.7 Å². The largest absolute Gasteiger partial charge is 0.421 e. The zero-order valence-electron chi connectivity index (χ0n) is 20.6. The summed E-state index contributed by atoms with van der Waals surface area (Å²) in [5, 5.41) is 8.52. The van der Waals surface area contributed by atoms with Crippen molar-refractivity contribution in [1.82, 2.24) is 19.8 Å². The number of aromatic amines is 1. The first-order chi connectivity index (χ1) is 17.2. The molecule has 1 aliphatic rings. The van der Waals surface area contributed by atoms with E-state index in [9.17, 15) is 9.18 Å². The van der Waals surface area contributed by atoms with Gasteiger partial charge in [0.25, 0.3) is 5.91 Å². The van der Waals surface area contributed by atoms with Gasteiger partial charge in [-0.25, -0.2) is 9.37 Å². The van der Waals surface area contributed by atoms with Crippen LogP contribution in [0.2, 0.25) is 0 Å². The molecular weight excluding hydrogens is 465 g/mol. The van der Waals surface area contributed by atoms with Crippen molar-refractivity contribution in [3.63, 3.8) is 0 Å². The van der Waals surface area contributed by atoms with Crippen LogP contribution >= 0.6 is 0 Å². The lowest BCUT2D eigenvalue weighted by Gasteiger charge is -2.34. The maximum atomic E-state index is 14.9. The summed E-state index contributed by atoms with van der Waals surface area (Å²) >= 11 is 0. The second-order valence-electron chi connectivity index (χ2n) is 8.60. The molecule has 1 atom stereocenters. The molecule has 1 aliphatic heterocycles. The molecule has 1 aromatic heterocycles. The van der Waals surface area contributed by atoms with Crippen molar-refractivity contribution in [3.05, 3.63) is 59.7 Å². The topological polar surface area (TPSA) is 119 Å². The minimum atomic E-state index is -0.743. The SMILES string of the molecule is C/C(=N\C(=N/C(=N)c1ccc2[nH]cnc2c1)Oc1ccc(C(=O)N(C)C)cc1F)N1CCOC[C@@H]1C. The molecule has 4 rings (SSSR count). The minimum Gasteiger partial charge on any atom is -0.421 e. The average molecular weight is 494 g/mol. The number of morpholine rings is 1. The van der Waals surface area contributed by atoms with Crippen molar-refractivity contribution in [2.24, 2.45) is 9.98 Å². The number of fused-ring (bicyclic) bond motifs is 1. The second-order valence-corrected chi connectivity index (χ2v) is 8.60. The van der Waals surface area contributed by atoms with Crippen LogP contribution in [-0.2, 0) is 4.74 Å². The van der Waals surface area contributed by atoms with E-state index in [4.69, 9.17) is 14.9 Å². The molecule has 0 spiro atoms. The molecule has 11 heteroatoms. The fourth-order valence-electron chi connectivity index (χ4n) is 3.79. The summed E-state index contributed by atoms with van der Waals surface area (Å²) in [6.45, 7) is 5.55. The van der Waals surface area contributed by atoms with Gasteiger partial charge in [-0.3, -0.25) is 10.2 Å². The molecular formula is C25H28FN7O3. The number of nitrogens with zero attached hydrogens (tertiary/aromatic N) is 5. The van der Waals surface area contributed by atoms with Crippen LogP contribution in [0.4, 0.5) is 4.39 Å². The zero-order chi connectivity index (χ0) is 25.8. The smallest absolute Gasteiger partial charge is 0.325 e. The number of amides is 1. The number of nitrogens with one attached hydrogen (secondary N) is 2. The Labute approximate surface area is 208 Å². The van der Waals surface area contributed by atoms with Gasteiger partial charge < -0.3 is 24.3 Å². The molecule has 0 radical (unpaired) electrons. The lowest BCUT2D eigenvalue weighted by molar-refractivity contribution is 0.0330. The number of carbonyl (C=O) groups is 1. The standard InChI is InChI=1S/C25H28FN7O3/c1-15-13-35-10-9-33(15)16(2)30-25(31-23(27)17-5-7-20-21(12-17)29-14-28-20)36-22-8-6-18(11-19(22)26)24(34)32(3)4/h5-8,11-12,14-15,27H,9-10,13H2,1-4H3,(H,28,29)/b27-23?,30-16+,31-25+/t15-/m0/s1. The third-order valence-electron chi connectivity index (χ3n) is 5.73. The van der Waals surface area contributed by atoms with Crippen LogP contribution in [0.5, 0.6) is 5.75 Å². The first-order valence-electron chi connectivity index (χ1n) is 11.4. The Hall–Kier alpha value is -4.12. The average Bonchev–Trinajstić information content (AvgIpc) is 3.33. The van der Waals surface area contributed by atoms with Crippen molar-refractivity contribution >= 4 is 34.6 Å². The van der Waals surface area contributed by atoms with Crippen LogP contribution < -0.4 is 4.74 Å². The maximum Gasteiger partial charge on any atom is 0.325 e. The van der Waals surface area contributed by atoms with E-state index in [1.165, 1.54) is 17.0 Å². The van der Waals surface area contributed by atoms with Crippen LogP contribution in [-0.4, -0.2) is 83.3 Å². The van der Waals surface area contributed by atoms with Gasteiger partial charge in [-0.15, -0.1) is 0 Å². The highest BCUT2D eigenvalue weighted by Gasteiger charge is 2.21. The Bertz CT molecular complexity index is 1350. The quantitative estimate of drug-likeness (QED) is 0.429. The summed E-state index contributed by atoms with van der Waals surface area (Å²) < 4.78 is 26.1. The summed E-state index contributed by atoms with van der Waals surface area (Å²) in [4.78, 5) is 31.6. The van der Waals surface area contributed by atoms with E-state index < -0.39 is 5.82 Å². The van der Waals surface area contributed by atoms with Gasteiger partial charge in [0.15, 0.2) is 17.4 Å². The number of halogens is 1. The lowest BCUT2D eigenvalue weighted by Crippen LogP contribution is -2.46. The normalized spacial score (nSPS) is 16.8. The molecule has 1 amide bonds. The van der Waals surface area contributed by atoms with Crippen LogP contribution in [0.25, 0.3) is 11.0 Å². The predicted molar refractivity (Wildman–Crippen MR) is 135 cm³/mol. The number of ether oxygens (including phenoxy) is 2. The molecule has 3 aromatic rings. The van der Waals surface area contributed by atoms with E-state index in [2.05, 4.69) is 20.0 Å². The highest BCUT2D eigenvalue weighted by molar-refractivity contribution is 6.07. The Kier molecular flexibility index (Phi) is 7.39. The van der Waals surface area contributed by atoms with Gasteiger partial charge in [-0.1, -0.05) is 0 Å². The number of rotatable bonds is 3. The molecule has 10 nitrogen and oxygen atoms in total. The summed E-state index contributed by atoms with van der Waals surface area (Å²) in [6.07, 6.45) is 1.57. The van der Waals surface area contributed by atoms with Crippen molar-refractivity contribution in [2.45, 2.75) is 19.9 Å². The van der Waals surface area contributed by atoms with Crippen molar-refractivity contribution in [1.29, 1.82) is 5.41 Å². The fraction of sp³-hybridized carbons (Fsp3) is 0.320. The van der Waals surface area contributed by atoms with Crippen LogP contribution in [0.15, 0.2) is 52.7 Å². The van der Waals surface area contributed by atoms with Crippen molar-refractivity contribution in [3.8, 4) is 5.75 Å². The Morgan fingerprint density at radius 1 is 1.25 bits per heavy atom. The minimum absolute atomic E-state index is 0.0818. The van der Waals surface area contributed by atoms with E-state index >= 15 is 0 Å². The Morgan fingerprint density at radius 3 is 2.75 bits per heavy atom.